The second-order valence-electron chi connectivity index (χ2n) is 6.59. The van der Waals surface area contributed by atoms with E-state index in [4.69, 9.17) is 0 Å². The van der Waals surface area contributed by atoms with Gasteiger partial charge in [0.1, 0.15) is 0 Å². The summed E-state index contributed by atoms with van der Waals surface area (Å²) < 4.78 is 4.11. The van der Waals surface area contributed by atoms with Gasteiger partial charge in [-0.15, -0.1) is 0 Å². The zero-order valence-electron chi connectivity index (χ0n) is 15.4. The average Bonchev–Trinajstić information content (AvgIpc) is 3.39. The summed E-state index contributed by atoms with van der Waals surface area (Å²) in [4.78, 5) is 28.8. The molecule has 28 heavy (non-hydrogen) atoms. The molecule has 0 spiro atoms. The van der Waals surface area contributed by atoms with Gasteiger partial charge in [-0.3, -0.25) is 0 Å². The molecule has 1 aliphatic heterocycles. The van der Waals surface area contributed by atoms with Crippen LogP contribution in [0.15, 0.2) is 49.1 Å². The van der Waals surface area contributed by atoms with Gasteiger partial charge < -0.3 is 0 Å². The van der Waals surface area contributed by atoms with Gasteiger partial charge in [-0.05, 0) is 0 Å². The predicted molar refractivity (Wildman–Crippen MR) is 110 cm³/mol. The Morgan fingerprint density at radius 3 is 3.04 bits per heavy atom. The summed E-state index contributed by atoms with van der Waals surface area (Å²) in [6.45, 7) is 3.43. The van der Waals surface area contributed by atoms with Crippen LogP contribution < -0.4 is 10.6 Å². The van der Waals surface area contributed by atoms with Crippen LogP contribution in [0.3, 0.4) is 0 Å². The number of hydrogen-bond donors (Lipinski definition) is 2. The molecule has 3 heterocycles. The van der Waals surface area contributed by atoms with E-state index in [0.29, 0.717) is 12.1 Å². The molecule has 142 valence electrons. The van der Waals surface area contributed by atoms with Crippen LogP contribution in [-0.4, -0.2) is 42.4 Å². The molecule has 6 nitrogen and oxygen atoms in total. The Morgan fingerprint density at radius 2 is 2.21 bits per heavy atom. The molecule has 0 saturated heterocycles. The summed E-state index contributed by atoms with van der Waals surface area (Å²) in [7, 11) is 0. The van der Waals surface area contributed by atoms with E-state index >= 15 is 0 Å². The quantitative estimate of drug-likeness (QED) is 0.352. The van der Waals surface area contributed by atoms with Gasteiger partial charge in [0.2, 0.25) is 0 Å². The number of benzene rings is 1. The van der Waals surface area contributed by atoms with Crippen molar-refractivity contribution in [3.63, 3.8) is 0 Å². The third-order valence-corrected chi connectivity index (χ3v) is 6.71. The maximum atomic E-state index is 12.5. The molecule has 0 saturated carbocycles. The van der Waals surface area contributed by atoms with Gasteiger partial charge in [0.25, 0.3) is 0 Å². The number of hydrogen-bond acceptors (Lipinski definition) is 3. The molecule has 4 rings (SSSR count). The third-order valence-electron chi connectivity index (χ3n) is 4.62. The van der Waals surface area contributed by atoms with Gasteiger partial charge in [-0.1, -0.05) is 0 Å². The van der Waals surface area contributed by atoms with Crippen molar-refractivity contribution >= 4 is 43.7 Å². The van der Waals surface area contributed by atoms with Crippen LogP contribution in [0.5, 0.6) is 0 Å². The first-order valence-electron chi connectivity index (χ1n) is 9.08. The number of carbonyl (C=O) groups is 2. The van der Waals surface area contributed by atoms with E-state index in [1.54, 1.807) is 12.5 Å². The first-order valence-corrected chi connectivity index (χ1v) is 10.8. The topological polar surface area (TPSA) is 76.0 Å². The van der Waals surface area contributed by atoms with Gasteiger partial charge in [-0.25, -0.2) is 0 Å². The van der Waals surface area contributed by atoms with Gasteiger partial charge in [0.05, 0.1) is 0 Å². The molecule has 3 aromatic rings. The standard InChI is InChI=1S/C21H20N4O2Se/c1-14-17(20(26)23-7-4-9-25-10-8-22-13-25)11-15(28-14)12-18-16-5-2-3-6-19(16)24-21(18)27/h2-3,5-6,8,10-13H,4,7,9H2,1H3,(H,23,26)(H,24,27). The second kappa shape index (κ2) is 8.00. The van der Waals surface area contributed by atoms with Crippen molar-refractivity contribution in [3.05, 3.63) is 69.1 Å². The molecule has 7 heteroatoms. The van der Waals surface area contributed by atoms with Crippen LogP contribution in [0.4, 0.5) is 5.69 Å². The normalized spacial score (nSPS) is 14.2. The minimum absolute atomic E-state index is 0.0466. The van der Waals surface area contributed by atoms with Gasteiger partial charge in [-0.2, -0.15) is 0 Å². The van der Waals surface area contributed by atoms with E-state index < -0.39 is 0 Å². The fourth-order valence-electron chi connectivity index (χ4n) is 3.20. The van der Waals surface area contributed by atoms with Crippen molar-refractivity contribution in [2.24, 2.45) is 0 Å². The number of amides is 2. The fraction of sp³-hybridized carbons (Fsp3) is 0.190. The average molecular weight is 439 g/mol. The molecule has 0 unspecified atom stereocenters. The van der Waals surface area contributed by atoms with Crippen LogP contribution in [0.25, 0.3) is 11.6 Å². The molecule has 0 atom stereocenters. The Bertz CT molecular complexity index is 1050. The summed E-state index contributed by atoms with van der Waals surface area (Å²) in [5.41, 5.74) is 3.14. The number of fused-ring (bicyclic) bond motifs is 1. The number of rotatable bonds is 6. The number of nitrogens with zero attached hydrogens (tertiary/aromatic N) is 2. The molecular weight excluding hydrogens is 419 g/mol. The predicted octanol–water partition coefficient (Wildman–Crippen LogP) is 2.56. The fourth-order valence-corrected chi connectivity index (χ4v) is 5.24. The molecule has 2 amide bonds. The second-order valence-corrected chi connectivity index (χ2v) is 9.29. The third kappa shape index (κ3) is 3.86. The zero-order chi connectivity index (χ0) is 19.5. The molecule has 2 aromatic heterocycles. The molecule has 0 fully saturated rings. The van der Waals surface area contributed by atoms with Crippen LogP contribution >= 0.6 is 0 Å². The molecular formula is C21H20N4O2Se. The van der Waals surface area contributed by atoms with Crippen LogP contribution in [0.1, 0.15) is 31.2 Å². The van der Waals surface area contributed by atoms with E-state index in [1.165, 1.54) is 0 Å². The van der Waals surface area contributed by atoms with Gasteiger partial charge in [0.15, 0.2) is 0 Å². The number of aromatic nitrogens is 2. The molecule has 0 radical (unpaired) electrons. The van der Waals surface area contributed by atoms with Crippen molar-refractivity contribution in [1.82, 2.24) is 14.9 Å². The molecule has 0 bridgehead atoms. The Morgan fingerprint density at radius 1 is 1.36 bits per heavy atom. The minimum atomic E-state index is -0.0899. The monoisotopic (exact) mass is 440 g/mol. The summed E-state index contributed by atoms with van der Waals surface area (Å²) in [6.07, 6.45) is 8.19. The van der Waals surface area contributed by atoms with E-state index in [2.05, 4.69) is 15.6 Å². The Labute approximate surface area is 169 Å². The first kappa shape index (κ1) is 18.5. The number of anilines is 1. The molecule has 1 aromatic carbocycles. The van der Waals surface area contributed by atoms with E-state index in [-0.39, 0.29) is 26.3 Å². The SMILES string of the molecule is Cc1[se]c(C=C2C(=O)Nc3ccccc32)cc1C(=O)NCCCn1ccnc1. The molecule has 2 N–H and O–H groups in total. The van der Waals surface area contributed by atoms with Crippen LogP contribution in [0.2, 0.25) is 0 Å². The van der Waals surface area contributed by atoms with Crippen molar-refractivity contribution in [2.75, 3.05) is 11.9 Å². The van der Waals surface area contributed by atoms with E-state index in [0.717, 1.165) is 38.7 Å². The summed E-state index contributed by atoms with van der Waals surface area (Å²) in [5, 5.41) is 5.88. The summed E-state index contributed by atoms with van der Waals surface area (Å²) in [6, 6.07) is 9.58. The summed E-state index contributed by atoms with van der Waals surface area (Å²) in [5.74, 6) is -0.136. The number of imidazole rings is 1. The van der Waals surface area contributed by atoms with Crippen molar-refractivity contribution in [3.8, 4) is 0 Å². The number of carbonyl (C=O) groups excluding carboxylic acids is 2. The van der Waals surface area contributed by atoms with E-state index in [1.807, 2.05) is 54.1 Å². The van der Waals surface area contributed by atoms with Gasteiger partial charge >= 0.3 is 169 Å². The van der Waals surface area contributed by atoms with Crippen molar-refractivity contribution in [1.29, 1.82) is 0 Å². The molecule has 0 aliphatic carbocycles. The summed E-state index contributed by atoms with van der Waals surface area (Å²) >= 11 is 0.0499. The number of nitrogens with one attached hydrogen (secondary N) is 2. The number of para-hydroxylation sites is 1. The Balaban J connectivity index is 1.43. The number of aryl methyl sites for hydroxylation is 2. The Hall–Kier alpha value is -2.89. The van der Waals surface area contributed by atoms with Crippen LogP contribution in [0, 0.1) is 6.92 Å². The van der Waals surface area contributed by atoms with Crippen LogP contribution in [-0.2, 0) is 11.3 Å². The van der Waals surface area contributed by atoms with Crippen molar-refractivity contribution in [2.45, 2.75) is 19.9 Å². The zero-order valence-corrected chi connectivity index (χ0v) is 17.1. The first-order chi connectivity index (χ1) is 13.6. The maximum absolute atomic E-state index is 12.5. The Kier molecular flexibility index (Phi) is 5.28. The van der Waals surface area contributed by atoms with E-state index in [9.17, 15) is 9.59 Å². The molecule has 1 aliphatic rings. The van der Waals surface area contributed by atoms with Gasteiger partial charge in [0, 0.05) is 0 Å². The van der Waals surface area contributed by atoms with Crippen molar-refractivity contribution < 1.29 is 9.59 Å².